The minimum Gasteiger partial charge on any atom is -0.330 e. The minimum atomic E-state index is 0.749. The van der Waals surface area contributed by atoms with E-state index in [0.717, 1.165) is 19.4 Å². The summed E-state index contributed by atoms with van der Waals surface area (Å²) in [7, 11) is 0. The van der Waals surface area contributed by atoms with Crippen molar-refractivity contribution in [2.75, 3.05) is 6.54 Å². The molecule has 0 atom stereocenters. The van der Waals surface area contributed by atoms with Crippen LogP contribution >= 0.6 is 0 Å². The van der Waals surface area contributed by atoms with Crippen LogP contribution in [0.2, 0.25) is 0 Å². The van der Waals surface area contributed by atoms with Crippen LogP contribution in [0, 0.1) is 6.92 Å². The summed E-state index contributed by atoms with van der Waals surface area (Å²) < 4.78 is 2.23. The van der Waals surface area contributed by atoms with Gasteiger partial charge in [-0.2, -0.15) is 0 Å². The second kappa shape index (κ2) is 4.99. The van der Waals surface area contributed by atoms with Crippen molar-refractivity contribution in [2.45, 2.75) is 19.8 Å². The maximum Gasteiger partial charge on any atom is 0.0452 e. The van der Waals surface area contributed by atoms with Crippen molar-refractivity contribution in [1.29, 1.82) is 0 Å². The summed E-state index contributed by atoms with van der Waals surface area (Å²) in [6, 6.07) is 12.8. The highest BCUT2D eigenvalue weighted by atomic mass is 15.0. The second-order valence-electron chi connectivity index (χ2n) is 4.10. The number of benzene rings is 1. The average Bonchev–Trinajstić information content (AvgIpc) is 2.75. The van der Waals surface area contributed by atoms with Gasteiger partial charge in [-0.05, 0) is 50.6 Å². The van der Waals surface area contributed by atoms with Crippen molar-refractivity contribution in [1.82, 2.24) is 4.57 Å². The fourth-order valence-corrected chi connectivity index (χ4v) is 1.86. The Bertz CT molecular complexity index is 440. The van der Waals surface area contributed by atoms with Gasteiger partial charge in [-0.1, -0.05) is 17.7 Å². The Morgan fingerprint density at radius 2 is 1.88 bits per heavy atom. The monoisotopic (exact) mass is 214 g/mol. The van der Waals surface area contributed by atoms with E-state index in [1.165, 1.54) is 16.9 Å². The smallest absolute Gasteiger partial charge is 0.0452 e. The zero-order valence-electron chi connectivity index (χ0n) is 9.69. The number of nitrogens with two attached hydrogens (primary N) is 1. The Labute approximate surface area is 96.7 Å². The average molecular weight is 214 g/mol. The molecule has 0 radical (unpaired) electrons. The van der Waals surface area contributed by atoms with E-state index >= 15 is 0 Å². The Morgan fingerprint density at radius 3 is 2.56 bits per heavy atom. The molecule has 0 spiro atoms. The summed E-state index contributed by atoms with van der Waals surface area (Å²) in [6.45, 7) is 2.86. The van der Waals surface area contributed by atoms with Crippen LogP contribution < -0.4 is 5.73 Å². The molecule has 0 amide bonds. The fourth-order valence-electron chi connectivity index (χ4n) is 1.86. The fraction of sp³-hybridized carbons (Fsp3) is 0.286. The number of nitrogens with zero attached hydrogens (tertiary/aromatic N) is 1. The van der Waals surface area contributed by atoms with Crippen LogP contribution in [-0.2, 0) is 6.42 Å². The molecule has 2 nitrogen and oxygen atoms in total. The number of hydrogen-bond donors (Lipinski definition) is 1. The normalized spacial score (nSPS) is 10.6. The molecule has 1 aromatic heterocycles. The SMILES string of the molecule is Cc1ccc(-n2cccc2CCCN)cc1. The lowest BCUT2D eigenvalue weighted by molar-refractivity contribution is 0.789. The zero-order chi connectivity index (χ0) is 11.4. The number of aryl methyl sites for hydroxylation is 2. The van der Waals surface area contributed by atoms with Crippen LogP contribution in [0.25, 0.3) is 5.69 Å². The molecule has 0 aliphatic rings. The van der Waals surface area contributed by atoms with Crippen LogP contribution in [-0.4, -0.2) is 11.1 Å². The van der Waals surface area contributed by atoms with E-state index in [1.807, 2.05) is 0 Å². The van der Waals surface area contributed by atoms with Crippen LogP contribution in [0.3, 0.4) is 0 Å². The van der Waals surface area contributed by atoms with Crippen LogP contribution in [0.1, 0.15) is 17.7 Å². The van der Waals surface area contributed by atoms with Crippen LogP contribution in [0.5, 0.6) is 0 Å². The summed E-state index contributed by atoms with van der Waals surface area (Å²) in [6.07, 6.45) is 4.18. The molecule has 16 heavy (non-hydrogen) atoms. The molecule has 0 unspecified atom stereocenters. The molecule has 1 aromatic carbocycles. The van der Waals surface area contributed by atoms with E-state index < -0.39 is 0 Å². The summed E-state index contributed by atoms with van der Waals surface area (Å²) in [5, 5.41) is 0. The number of rotatable bonds is 4. The van der Waals surface area contributed by atoms with Gasteiger partial charge in [0.15, 0.2) is 0 Å². The van der Waals surface area contributed by atoms with Crippen molar-refractivity contribution in [3.8, 4) is 5.69 Å². The van der Waals surface area contributed by atoms with E-state index in [4.69, 9.17) is 5.73 Å². The van der Waals surface area contributed by atoms with Gasteiger partial charge in [-0.3, -0.25) is 0 Å². The minimum absolute atomic E-state index is 0.749. The van der Waals surface area contributed by atoms with Gasteiger partial charge in [0.25, 0.3) is 0 Å². The maximum atomic E-state index is 5.54. The third-order valence-corrected chi connectivity index (χ3v) is 2.78. The molecule has 0 bridgehead atoms. The largest absolute Gasteiger partial charge is 0.330 e. The highest BCUT2D eigenvalue weighted by Crippen LogP contribution is 2.14. The Kier molecular flexibility index (Phi) is 3.42. The third-order valence-electron chi connectivity index (χ3n) is 2.78. The highest BCUT2D eigenvalue weighted by Gasteiger charge is 2.02. The summed E-state index contributed by atoms with van der Waals surface area (Å²) in [5.41, 5.74) is 9.39. The Morgan fingerprint density at radius 1 is 1.12 bits per heavy atom. The first-order valence-corrected chi connectivity index (χ1v) is 5.74. The summed E-state index contributed by atoms with van der Waals surface area (Å²) in [5.74, 6) is 0. The lowest BCUT2D eigenvalue weighted by atomic mass is 10.2. The van der Waals surface area contributed by atoms with Crippen molar-refractivity contribution in [3.05, 3.63) is 53.9 Å². The predicted molar refractivity (Wildman–Crippen MR) is 67.9 cm³/mol. The molecule has 0 saturated heterocycles. The van der Waals surface area contributed by atoms with Gasteiger partial charge < -0.3 is 10.3 Å². The van der Waals surface area contributed by atoms with Gasteiger partial charge in [-0.15, -0.1) is 0 Å². The van der Waals surface area contributed by atoms with E-state index in [2.05, 4.69) is 54.1 Å². The van der Waals surface area contributed by atoms with Crippen molar-refractivity contribution < 1.29 is 0 Å². The van der Waals surface area contributed by atoms with E-state index in [0.29, 0.717) is 0 Å². The first-order valence-electron chi connectivity index (χ1n) is 5.74. The van der Waals surface area contributed by atoms with E-state index in [-0.39, 0.29) is 0 Å². The van der Waals surface area contributed by atoms with Gasteiger partial charge in [0.1, 0.15) is 0 Å². The first kappa shape index (κ1) is 11.0. The zero-order valence-corrected chi connectivity index (χ0v) is 9.69. The predicted octanol–water partition coefficient (Wildman–Crippen LogP) is 2.68. The number of hydrogen-bond acceptors (Lipinski definition) is 1. The molecule has 0 fully saturated rings. The van der Waals surface area contributed by atoms with Gasteiger partial charge in [-0.25, -0.2) is 0 Å². The van der Waals surface area contributed by atoms with Crippen molar-refractivity contribution in [2.24, 2.45) is 5.73 Å². The maximum absolute atomic E-state index is 5.54. The molecule has 0 aliphatic heterocycles. The molecule has 2 heteroatoms. The van der Waals surface area contributed by atoms with Gasteiger partial charge in [0.2, 0.25) is 0 Å². The van der Waals surface area contributed by atoms with E-state index in [9.17, 15) is 0 Å². The lowest BCUT2D eigenvalue weighted by Gasteiger charge is -2.09. The van der Waals surface area contributed by atoms with Crippen LogP contribution in [0.15, 0.2) is 42.6 Å². The standard InChI is InChI=1S/C14H18N2/c1-12-6-8-14(9-7-12)16-11-3-5-13(16)4-2-10-15/h3,5-9,11H,2,4,10,15H2,1H3. The van der Waals surface area contributed by atoms with Gasteiger partial charge >= 0.3 is 0 Å². The summed E-state index contributed by atoms with van der Waals surface area (Å²) >= 11 is 0. The molecule has 1 heterocycles. The molecular weight excluding hydrogens is 196 g/mol. The van der Waals surface area contributed by atoms with Gasteiger partial charge in [0, 0.05) is 17.6 Å². The number of aromatic nitrogens is 1. The van der Waals surface area contributed by atoms with Crippen molar-refractivity contribution in [3.63, 3.8) is 0 Å². The highest BCUT2D eigenvalue weighted by molar-refractivity contribution is 5.37. The quantitative estimate of drug-likeness (QED) is 0.833. The molecule has 0 aliphatic carbocycles. The molecule has 84 valence electrons. The Balaban J connectivity index is 2.26. The molecule has 2 N–H and O–H groups in total. The first-order chi connectivity index (χ1) is 7.81. The molecule has 2 aromatic rings. The second-order valence-corrected chi connectivity index (χ2v) is 4.10. The van der Waals surface area contributed by atoms with Gasteiger partial charge in [0.05, 0.1) is 0 Å². The lowest BCUT2D eigenvalue weighted by Crippen LogP contribution is -2.04. The molecular formula is C14H18N2. The third kappa shape index (κ3) is 2.34. The Hall–Kier alpha value is -1.54. The molecule has 0 saturated carbocycles. The molecule has 2 rings (SSSR count). The van der Waals surface area contributed by atoms with Crippen LogP contribution in [0.4, 0.5) is 0 Å². The van der Waals surface area contributed by atoms with Crippen molar-refractivity contribution >= 4 is 0 Å². The van der Waals surface area contributed by atoms with E-state index in [1.54, 1.807) is 0 Å². The summed E-state index contributed by atoms with van der Waals surface area (Å²) in [4.78, 5) is 0. The topological polar surface area (TPSA) is 30.9 Å².